The average molecular weight is 342 g/mol. The van der Waals surface area contributed by atoms with E-state index in [0.717, 1.165) is 21.5 Å². The summed E-state index contributed by atoms with van der Waals surface area (Å²) in [5.74, 6) is 0.817. The molecule has 5 heteroatoms. The van der Waals surface area contributed by atoms with Crippen LogP contribution in [0.4, 0.5) is 5.69 Å². The standard InChI is InChI=1S/C14H14BrClN2O/c1-9(18-13-5-6-17-8-12(13)16)10-3-4-14(19-2)11(15)7-10/h3-9H,1-2H3,(H,17,18). The molecule has 1 aromatic carbocycles. The number of rotatable bonds is 4. The summed E-state index contributed by atoms with van der Waals surface area (Å²) in [7, 11) is 1.65. The lowest BCUT2D eigenvalue weighted by atomic mass is 10.1. The lowest BCUT2D eigenvalue weighted by Crippen LogP contribution is -2.07. The van der Waals surface area contributed by atoms with E-state index in [1.807, 2.05) is 24.3 Å². The highest BCUT2D eigenvalue weighted by molar-refractivity contribution is 9.10. The van der Waals surface area contributed by atoms with Gasteiger partial charge in [0.1, 0.15) is 5.75 Å². The van der Waals surface area contributed by atoms with Gasteiger partial charge in [0.2, 0.25) is 0 Å². The van der Waals surface area contributed by atoms with Crippen molar-refractivity contribution in [2.75, 3.05) is 12.4 Å². The zero-order chi connectivity index (χ0) is 13.8. The third-order valence-electron chi connectivity index (χ3n) is 2.82. The van der Waals surface area contributed by atoms with Crippen LogP contribution in [0, 0.1) is 0 Å². The second-order valence-corrected chi connectivity index (χ2v) is 5.38. The van der Waals surface area contributed by atoms with Crippen LogP contribution in [0.3, 0.4) is 0 Å². The molecule has 0 aliphatic heterocycles. The Morgan fingerprint density at radius 2 is 2.16 bits per heavy atom. The number of nitrogens with zero attached hydrogens (tertiary/aromatic N) is 1. The van der Waals surface area contributed by atoms with Gasteiger partial charge in [-0.15, -0.1) is 0 Å². The smallest absolute Gasteiger partial charge is 0.133 e. The minimum absolute atomic E-state index is 0.127. The molecule has 2 aromatic rings. The van der Waals surface area contributed by atoms with E-state index >= 15 is 0 Å². The second kappa shape index (κ2) is 6.26. The Hall–Kier alpha value is -1.26. The summed E-state index contributed by atoms with van der Waals surface area (Å²) in [5, 5.41) is 3.97. The van der Waals surface area contributed by atoms with Gasteiger partial charge in [-0.05, 0) is 46.6 Å². The van der Waals surface area contributed by atoms with Crippen LogP contribution in [-0.4, -0.2) is 12.1 Å². The molecule has 1 unspecified atom stereocenters. The molecule has 1 heterocycles. The van der Waals surface area contributed by atoms with E-state index in [0.29, 0.717) is 5.02 Å². The normalized spacial score (nSPS) is 12.0. The number of anilines is 1. The highest BCUT2D eigenvalue weighted by Gasteiger charge is 2.10. The summed E-state index contributed by atoms with van der Waals surface area (Å²) in [6.45, 7) is 2.07. The van der Waals surface area contributed by atoms with Crippen LogP contribution < -0.4 is 10.1 Å². The zero-order valence-corrected chi connectivity index (χ0v) is 13.0. The molecule has 0 aliphatic rings. The first-order valence-electron chi connectivity index (χ1n) is 5.81. The first kappa shape index (κ1) is 14.2. The topological polar surface area (TPSA) is 34.1 Å². The molecule has 3 nitrogen and oxygen atoms in total. The maximum Gasteiger partial charge on any atom is 0.133 e. The Labute approximate surface area is 126 Å². The second-order valence-electron chi connectivity index (χ2n) is 4.12. The zero-order valence-electron chi connectivity index (χ0n) is 10.7. The van der Waals surface area contributed by atoms with Gasteiger partial charge in [0, 0.05) is 18.4 Å². The van der Waals surface area contributed by atoms with Crippen molar-refractivity contribution < 1.29 is 4.74 Å². The van der Waals surface area contributed by atoms with Crippen molar-refractivity contribution in [2.45, 2.75) is 13.0 Å². The molecular weight excluding hydrogens is 328 g/mol. The van der Waals surface area contributed by atoms with Crippen LogP contribution in [0.2, 0.25) is 5.02 Å². The van der Waals surface area contributed by atoms with E-state index in [1.165, 1.54) is 0 Å². The van der Waals surface area contributed by atoms with Crippen molar-refractivity contribution in [2.24, 2.45) is 0 Å². The maximum atomic E-state index is 6.08. The summed E-state index contributed by atoms with van der Waals surface area (Å²) in [6, 6.07) is 7.98. The van der Waals surface area contributed by atoms with Crippen LogP contribution in [-0.2, 0) is 0 Å². The third-order valence-corrected chi connectivity index (χ3v) is 3.74. The quantitative estimate of drug-likeness (QED) is 0.877. The minimum Gasteiger partial charge on any atom is -0.496 e. The molecule has 1 N–H and O–H groups in total. The van der Waals surface area contributed by atoms with E-state index in [2.05, 4.69) is 33.2 Å². The van der Waals surface area contributed by atoms with Gasteiger partial charge < -0.3 is 10.1 Å². The Balaban J connectivity index is 2.18. The molecule has 1 atom stereocenters. The van der Waals surface area contributed by atoms with Gasteiger partial charge in [0.15, 0.2) is 0 Å². The molecular formula is C14H14BrClN2O. The first-order valence-corrected chi connectivity index (χ1v) is 6.98. The minimum atomic E-state index is 0.127. The Morgan fingerprint density at radius 3 is 2.79 bits per heavy atom. The van der Waals surface area contributed by atoms with Gasteiger partial charge in [0.25, 0.3) is 0 Å². The average Bonchev–Trinajstić information content (AvgIpc) is 2.41. The Morgan fingerprint density at radius 1 is 1.37 bits per heavy atom. The molecule has 0 spiro atoms. The molecule has 100 valence electrons. The predicted octanol–water partition coefficient (Wildman–Crippen LogP) is 4.68. The summed E-state index contributed by atoms with van der Waals surface area (Å²) < 4.78 is 6.15. The van der Waals surface area contributed by atoms with E-state index in [9.17, 15) is 0 Å². The van der Waals surface area contributed by atoms with Crippen molar-refractivity contribution in [1.82, 2.24) is 4.98 Å². The van der Waals surface area contributed by atoms with Gasteiger partial charge in [0.05, 0.1) is 22.3 Å². The maximum absolute atomic E-state index is 6.08. The van der Waals surface area contributed by atoms with Crippen molar-refractivity contribution in [3.05, 3.63) is 51.7 Å². The number of methoxy groups -OCH3 is 1. The SMILES string of the molecule is COc1ccc(C(C)Nc2ccncc2Cl)cc1Br. The highest BCUT2D eigenvalue weighted by atomic mass is 79.9. The Bertz CT molecular complexity index is 577. The van der Waals surface area contributed by atoms with Gasteiger partial charge in [-0.1, -0.05) is 17.7 Å². The van der Waals surface area contributed by atoms with Gasteiger partial charge in [-0.3, -0.25) is 4.98 Å². The molecule has 0 saturated carbocycles. The molecule has 0 saturated heterocycles. The summed E-state index contributed by atoms with van der Waals surface area (Å²) in [6.07, 6.45) is 3.34. The van der Waals surface area contributed by atoms with Crippen molar-refractivity contribution in [3.8, 4) is 5.75 Å². The number of aromatic nitrogens is 1. The molecule has 0 bridgehead atoms. The van der Waals surface area contributed by atoms with E-state index in [-0.39, 0.29) is 6.04 Å². The molecule has 0 aliphatic carbocycles. The van der Waals surface area contributed by atoms with Crippen LogP contribution in [0.1, 0.15) is 18.5 Å². The number of benzene rings is 1. The number of hydrogen-bond acceptors (Lipinski definition) is 3. The lowest BCUT2D eigenvalue weighted by molar-refractivity contribution is 0.412. The lowest BCUT2D eigenvalue weighted by Gasteiger charge is -2.17. The van der Waals surface area contributed by atoms with Gasteiger partial charge >= 0.3 is 0 Å². The number of halogens is 2. The summed E-state index contributed by atoms with van der Waals surface area (Å²) in [5.41, 5.74) is 2.01. The van der Waals surface area contributed by atoms with Crippen LogP contribution in [0.25, 0.3) is 0 Å². The van der Waals surface area contributed by atoms with E-state index < -0.39 is 0 Å². The van der Waals surface area contributed by atoms with Crippen molar-refractivity contribution in [1.29, 1.82) is 0 Å². The third kappa shape index (κ3) is 3.39. The van der Waals surface area contributed by atoms with Crippen LogP contribution >= 0.6 is 27.5 Å². The molecule has 0 radical (unpaired) electrons. The number of hydrogen-bond donors (Lipinski definition) is 1. The summed E-state index contributed by atoms with van der Waals surface area (Å²) >= 11 is 9.57. The highest BCUT2D eigenvalue weighted by Crippen LogP contribution is 2.30. The van der Waals surface area contributed by atoms with Gasteiger partial charge in [-0.2, -0.15) is 0 Å². The van der Waals surface area contributed by atoms with E-state index in [1.54, 1.807) is 19.5 Å². The van der Waals surface area contributed by atoms with Crippen molar-refractivity contribution in [3.63, 3.8) is 0 Å². The fourth-order valence-corrected chi connectivity index (χ4v) is 2.49. The number of ether oxygens (including phenoxy) is 1. The largest absolute Gasteiger partial charge is 0.496 e. The molecule has 1 aromatic heterocycles. The molecule has 0 amide bonds. The monoisotopic (exact) mass is 340 g/mol. The number of pyridine rings is 1. The molecule has 2 rings (SSSR count). The first-order chi connectivity index (χ1) is 9.11. The van der Waals surface area contributed by atoms with Gasteiger partial charge in [-0.25, -0.2) is 0 Å². The Kier molecular flexibility index (Phi) is 4.66. The summed E-state index contributed by atoms with van der Waals surface area (Å²) in [4.78, 5) is 3.97. The predicted molar refractivity (Wildman–Crippen MR) is 82.0 cm³/mol. The number of nitrogens with one attached hydrogen (secondary N) is 1. The fraction of sp³-hybridized carbons (Fsp3) is 0.214. The molecule has 19 heavy (non-hydrogen) atoms. The molecule has 0 fully saturated rings. The van der Waals surface area contributed by atoms with Crippen LogP contribution in [0.5, 0.6) is 5.75 Å². The van der Waals surface area contributed by atoms with Crippen LogP contribution in [0.15, 0.2) is 41.1 Å². The van der Waals surface area contributed by atoms with Crippen molar-refractivity contribution >= 4 is 33.2 Å². The fourth-order valence-electron chi connectivity index (χ4n) is 1.76. The van der Waals surface area contributed by atoms with E-state index in [4.69, 9.17) is 16.3 Å².